The van der Waals surface area contributed by atoms with Crippen LogP contribution in [0, 0.1) is 18.3 Å². The molecule has 0 amide bonds. The molecule has 1 heterocycles. The van der Waals surface area contributed by atoms with Crippen molar-refractivity contribution in [1.29, 1.82) is 5.26 Å². The highest BCUT2D eigenvalue weighted by atomic mass is 16.5. The Bertz CT molecular complexity index is 1240. The van der Waals surface area contributed by atoms with Gasteiger partial charge < -0.3 is 19.9 Å². The largest absolute Gasteiger partial charge is 0.494 e. The van der Waals surface area contributed by atoms with Crippen molar-refractivity contribution in [3.63, 3.8) is 0 Å². The third-order valence-electron chi connectivity index (χ3n) is 5.18. The van der Waals surface area contributed by atoms with Crippen molar-refractivity contribution >= 4 is 5.97 Å². The predicted octanol–water partition coefficient (Wildman–Crippen LogP) is 4.83. The quantitative estimate of drug-likeness (QED) is 0.464. The second-order valence-corrected chi connectivity index (χ2v) is 7.39. The second kappa shape index (κ2) is 8.86. The van der Waals surface area contributed by atoms with Crippen LogP contribution < -0.4 is 19.9 Å². The number of nitriles is 1. The van der Waals surface area contributed by atoms with Gasteiger partial charge in [-0.2, -0.15) is 5.26 Å². The molecule has 6 nitrogen and oxygen atoms in total. The van der Waals surface area contributed by atoms with Gasteiger partial charge >= 0.3 is 5.97 Å². The maximum atomic E-state index is 12.5. The van der Waals surface area contributed by atoms with Gasteiger partial charge in [-0.3, -0.25) is 0 Å². The van der Waals surface area contributed by atoms with Crippen molar-refractivity contribution in [2.75, 3.05) is 6.61 Å². The number of nitrogens with two attached hydrogens (primary N) is 1. The number of carbonyl (C=O) groups excluding carboxylic acids is 1. The number of nitrogens with zero attached hydrogens (tertiary/aromatic N) is 1. The highest BCUT2D eigenvalue weighted by Crippen LogP contribution is 2.43. The molecule has 2 N–H and O–H groups in total. The minimum atomic E-state index is -0.464. The average molecular weight is 426 g/mol. The maximum Gasteiger partial charge on any atom is 0.343 e. The standard InChI is InChI=1S/C26H22N2O4/c1-3-30-19-9-7-17(8-10-19)24-21-12-11-20(14-23(21)32-25(28)22(24)15-27)31-26(29)18-6-4-5-16(2)13-18/h4-14,24H,3,28H2,1-2H3. The van der Waals surface area contributed by atoms with Crippen LogP contribution in [0.3, 0.4) is 0 Å². The second-order valence-electron chi connectivity index (χ2n) is 7.39. The van der Waals surface area contributed by atoms with Crippen LogP contribution in [-0.4, -0.2) is 12.6 Å². The van der Waals surface area contributed by atoms with Crippen molar-refractivity contribution in [3.05, 3.63) is 100 Å². The molecule has 0 spiro atoms. The summed E-state index contributed by atoms with van der Waals surface area (Å²) in [4.78, 5) is 12.5. The summed E-state index contributed by atoms with van der Waals surface area (Å²) in [6.45, 7) is 4.40. The van der Waals surface area contributed by atoms with Crippen molar-refractivity contribution in [2.45, 2.75) is 19.8 Å². The van der Waals surface area contributed by atoms with Crippen molar-refractivity contribution in [2.24, 2.45) is 5.73 Å². The van der Waals surface area contributed by atoms with Gasteiger partial charge in [-0.25, -0.2) is 4.79 Å². The fraction of sp³-hybridized carbons (Fsp3) is 0.154. The third kappa shape index (κ3) is 4.14. The van der Waals surface area contributed by atoms with Crippen LogP contribution in [0.15, 0.2) is 78.2 Å². The summed E-state index contributed by atoms with van der Waals surface area (Å²) < 4.78 is 16.8. The van der Waals surface area contributed by atoms with Gasteiger partial charge in [0.15, 0.2) is 0 Å². The Morgan fingerprint density at radius 3 is 2.53 bits per heavy atom. The summed E-state index contributed by atoms with van der Waals surface area (Å²) in [6.07, 6.45) is 0. The molecule has 0 saturated carbocycles. The lowest BCUT2D eigenvalue weighted by molar-refractivity contribution is 0.0734. The first kappa shape index (κ1) is 21.0. The van der Waals surface area contributed by atoms with Gasteiger partial charge in [0.2, 0.25) is 5.88 Å². The fourth-order valence-corrected chi connectivity index (χ4v) is 3.70. The molecule has 1 aliphatic rings. The van der Waals surface area contributed by atoms with Gasteiger partial charge in [0.1, 0.15) is 28.9 Å². The minimum Gasteiger partial charge on any atom is -0.494 e. The molecule has 1 unspecified atom stereocenters. The maximum absolute atomic E-state index is 12.5. The van der Waals surface area contributed by atoms with Crippen molar-refractivity contribution in [1.82, 2.24) is 0 Å². The summed E-state index contributed by atoms with van der Waals surface area (Å²) in [6, 6.07) is 22.0. The van der Waals surface area contributed by atoms with Crippen LogP contribution in [0.25, 0.3) is 0 Å². The van der Waals surface area contributed by atoms with Crippen molar-refractivity contribution in [3.8, 4) is 23.3 Å². The number of aryl methyl sites for hydroxylation is 1. The van der Waals surface area contributed by atoms with Crippen LogP contribution in [0.1, 0.15) is 39.9 Å². The third-order valence-corrected chi connectivity index (χ3v) is 5.18. The van der Waals surface area contributed by atoms with Crippen molar-refractivity contribution < 1.29 is 19.0 Å². The van der Waals surface area contributed by atoms with E-state index >= 15 is 0 Å². The molecule has 1 aliphatic heterocycles. The van der Waals surface area contributed by atoms with E-state index in [0.29, 0.717) is 29.2 Å². The Kier molecular flexibility index (Phi) is 5.82. The number of carbonyl (C=O) groups is 1. The Morgan fingerprint density at radius 2 is 1.84 bits per heavy atom. The van der Waals surface area contributed by atoms with E-state index in [0.717, 1.165) is 22.4 Å². The van der Waals surface area contributed by atoms with Gasteiger partial charge in [-0.15, -0.1) is 0 Å². The van der Waals surface area contributed by atoms with E-state index in [-0.39, 0.29) is 5.88 Å². The zero-order valence-corrected chi connectivity index (χ0v) is 17.8. The minimum absolute atomic E-state index is 0.0287. The van der Waals surface area contributed by atoms with Crippen LogP contribution in [0.4, 0.5) is 0 Å². The fourth-order valence-electron chi connectivity index (χ4n) is 3.70. The summed E-state index contributed by atoms with van der Waals surface area (Å²) in [5.41, 5.74) is 9.46. The Morgan fingerprint density at radius 1 is 1.09 bits per heavy atom. The number of ether oxygens (including phenoxy) is 3. The van der Waals surface area contributed by atoms with Crippen LogP contribution in [0.5, 0.6) is 17.2 Å². The molecule has 0 saturated heterocycles. The normalized spacial score (nSPS) is 14.7. The lowest BCUT2D eigenvalue weighted by Crippen LogP contribution is -2.21. The first-order chi connectivity index (χ1) is 15.5. The zero-order chi connectivity index (χ0) is 22.7. The number of benzene rings is 3. The highest BCUT2D eigenvalue weighted by molar-refractivity contribution is 5.91. The number of hydrogen-bond donors (Lipinski definition) is 1. The molecule has 0 radical (unpaired) electrons. The van der Waals surface area contributed by atoms with E-state index in [2.05, 4.69) is 6.07 Å². The van der Waals surface area contributed by atoms with E-state index in [1.807, 2.05) is 44.2 Å². The van der Waals surface area contributed by atoms with Crippen LogP contribution >= 0.6 is 0 Å². The number of allylic oxidation sites excluding steroid dienone is 1. The van der Waals surface area contributed by atoms with Gasteiger partial charge in [-0.05, 0) is 49.7 Å². The monoisotopic (exact) mass is 426 g/mol. The first-order valence-corrected chi connectivity index (χ1v) is 10.2. The Balaban J connectivity index is 1.66. The van der Waals surface area contributed by atoms with Gasteiger partial charge in [0, 0.05) is 11.6 Å². The van der Waals surface area contributed by atoms with E-state index in [9.17, 15) is 10.1 Å². The van der Waals surface area contributed by atoms with Crippen LogP contribution in [-0.2, 0) is 0 Å². The predicted molar refractivity (Wildman–Crippen MR) is 119 cm³/mol. The molecule has 3 aromatic rings. The molecule has 0 bridgehead atoms. The Labute approximate surface area is 186 Å². The van der Waals surface area contributed by atoms with E-state index in [1.165, 1.54) is 0 Å². The number of fused-ring (bicyclic) bond motifs is 1. The number of esters is 1. The molecule has 160 valence electrons. The average Bonchev–Trinajstić information content (AvgIpc) is 2.79. The lowest BCUT2D eigenvalue weighted by Gasteiger charge is -2.26. The van der Waals surface area contributed by atoms with E-state index in [1.54, 1.807) is 36.4 Å². The smallest absolute Gasteiger partial charge is 0.343 e. The molecule has 3 aromatic carbocycles. The topological polar surface area (TPSA) is 94.6 Å². The number of rotatable bonds is 5. The number of hydrogen-bond acceptors (Lipinski definition) is 6. The molecule has 0 fully saturated rings. The summed E-state index contributed by atoms with van der Waals surface area (Å²) in [5, 5.41) is 9.72. The molecular weight excluding hydrogens is 404 g/mol. The highest BCUT2D eigenvalue weighted by Gasteiger charge is 2.31. The summed E-state index contributed by atoms with van der Waals surface area (Å²) >= 11 is 0. The van der Waals surface area contributed by atoms with E-state index in [4.69, 9.17) is 19.9 Å². The van der Waals surface area contributed by atoms with E-state index < -0.39 is 11.9 Å². The molecule has 6 heteroatoms. The van der Waals surface area contributed by atoms with Gasteiger partial charge in [0.25, 0.3) is 0 Å². The van der Waals surface area contributed by atoms with Gasteiger partial charge in [0.05, 0.1) is 18.1 Å². The summed E-state index contributed by atoms with van der Waals surface area (Å²) in [5.74, 6) is 0.678. The van der Waals surface area contributed by atoms with Crippen LogP contribution in [0.2, 0.25) is 0 Å². The lowest BCUT2D eigenvalue weighted by atomic mass is 9.83. The summed E-state index contributed by atoms with van der Waals surface area (Å²) in [7, 11) is 0. The Hall–Kier alpha value is -4.24. The molecule has 0 aliphatic carbocycles. The molecule has 4 rings (SSSR count). The molecule has 1 atom stereocenters. The SMILES string of the molecule is CCOc1ccc(C2C(C#N)=C(N)Oc3cc(OC(=O)c4cccc(C)c4)ccc32)cc1. The first-order valence-electron chi connectivity index (χ1n) is 10.2. The molecule has 32 heavy (non-hydrogen) atoms. The zero-order valence-electron chi connectivity index (χ0n) is 17.8. The molecule has 0 aromatic heterocycles. The van der Waals surface area contributed by atoms with Gasteiger partial charge in [-0.1, -0.05) is 35.9 Å². The molecular formula is C26H22N2O4.